The summed E-state index contributed by atoms with van der Waals surface area (Å²) in [5.74, 6) is -0.217. The van der Waals surface area contributed by atoms with Crippen LogP contribution in [0.15, 0.2) is 24.4 Å². The molecule has 0 saturated heterocycles. The van der Waals surface area contributed by atoms with E-state index in [-0.39, 0.29) is 11.9 Å². The highest BCUT2D eigenvalue weighted by atomic mass is 19.1. The second kappa shape index (κ2) is 3.10. The van der Waals surface area contributed by atoms with Crippen molar-refractivity contribution in [3.05, 3.63) is 35.8 Å². The summed E-state index contributed by atoms with van der Waals surface area (Å²) in [5, 5.41) is 0.905. The minimum Gasteiger partial charge on any atom is -0.350 e. The van der Waals surface area contributed by atoms with Crippen molar-refractivity contribution in [3.8, 4) is 0 Å². The van der Waals surface area contributed by atoms with Gasteiger partial charge in [-0.25, -0.2) is 4.39 Å². The fourth-order valence-corrected chi connectivity index (χ4v) is 1.76. The van der Waals surface area contributed by atoms with Crippen LogP contribution in [0.2, 0.25) is 0 Å². The van der Waals surface area contributed by atoms with Crippen LogP contribution in [0.1, 0.15) is 18.5 Å². The lowest BCUT2D eigenvalue weighted by molar-refractivity contribution is 0.629. The zero-order valence-electron chi connectivity index (χ0n) is 8.29. The third-order valence-electron chi connectivity index (χ3n) is 2.47. The second-order valence-corrected chi connectivity index (χ2v) is 3.65. The Hall–Kier alpha value is -1.35. The van der Waals surface area contributed by atoms with Crippen molar-refractivity contribution in [2.45, 2.75) is 13.0 Å². The molecule has 0 unspecified atom stereocenters. The van der Waals surface area contributed by atoms with Crippen LogP contribution in [0.5, 0.6) is 0 Å². The van der Waals surface area contributed by atoms with Crippen molar-refractivity contribution in [3.63, 3.8) is 0 Å². The van der Waals surface area contributed by atoms with Crippen LogP contribution in [-0.4, -0.2) is 4.57 Å². The summed E-state index contributed by atoms with van der Waals surface area (Å²) in [6.07, 6.45) is 1.95. The van der Waals surface area contributed by atoms with Crippen molar-refractivity contribution in [2.75, 3.05) is 0 Å². The third kappa shape index (κ3) is 1.30. The van der Waals surface area contributed by atoms with E-state index in [1.54, 1.807) is 6.07 Å². The van der Waals surface area contributed by atoms with Gasteiger partial charge in [0.25, 0.3) is 0 Å². The number of nitrogens with zero attached hydrogens (tertiary/aromatic N) is 1. The maximum Gasteiger partial charge on any atom is 0.123 e. The lowest BCUT2D eigenvalue weighted by Gasteiger charge is -2.01. The van der Waals surface area contributed by atoms with Crippen molar-refractivity contribution in [2.24, 2.45) is 12.8 Å². The van der Waals surface area contributed by atoms with Gasteiger partial charge in [-0.1, -0.05) is 0 Å². The van der Waals surface area contributed by atoms with Gasteiger partial charge in [-0.05, 0) is 30.7 Å². The maximum atomic E-state index is 13.0. The molecule has 2 aromatic rings. The molecular formula is C11H13FN2. The van der Waals surface area contributed by atoms with E-state index < -0.39 is 0 Å². The van der Waals surface area contributed by atoms with Crippen molar-refractivity contribution >= 4 is 10.9 Å². The van der Waals surface area contributed by atoms with Crippen molar-refractivity contribution < 1.29 is 4.39 Å². The molecule has 1 aromatic carbocycles. The Balaban J connectivity index is 2.79. The maximum absolute atomic E-state index is 13.0. The van der Waals surface area contributed by atoms with Gasteiger partial charge in [-0.3, -0.25) is 0 Å². The first-order chi connectivity index (χ1) is 6.59. The second-order valence-electron chi connectivity index (χ2n) is 3.65. The topological polar surface area (TPSA) is 30.9 Å². The van der Waals surface area contributed by atoms with Gasteiger partial charge in [-0.2, -0.15) is 0 Å². The standard InChI is InChI=1S/C11H13FN2/c1-7(13)10-6-14(2)11-4-3-8(12)5-9(10)11/h3-7H,13H2,1-2H3/t7-/m1/s1. The summed E-state index contributed by atoms with van der Waals surface area (Å²) in [5.41, 5.74) is 7.81. The summed E-state index contributed by atoms with van der Waals surface area (Å²) < 4.78 is 15.0. The van der Waals surface area contributed by atoms with E-state index in [1.165, 1.54) is 12.1 Å². The fraction of sp³-hybridized carbons (Fsp3) is 0.273. The molecule has 2 N–H and O–H groups in total. The number of fused-ring (bicyclic) bond motifs is 1. The third-order valence-corrected chi connectivity index (χ3v) is 2.47. The Morgan fingerprint density at radius 1 is 1.43 bits per heavy atom. The molecule has 0 saturated carbocycles. The van der Waals surface area contributed by atoms with Gasteiger partial charge in [0.15, 0.2) is 0 Å². The average molecular weight is 192 g/mol. The van der Waals surface area contributed by atoms with E-state index >= 15 is 0 Å². The van der Waals surface area contributed by atoms with E-state index in [0.717, 1.165) is 16.5 Å². The molecule has 14 heavy (non-hydrogen) atoms. The van der Waals surface area contributed by atoms with Crippen LogP contribution >= 0.6 is 0 Å². The molecule has 0 bridgehead atoms. The molecule has 3 heteroatoms. The Morgan fingerprint density at radius 3 is 2.79 bits per heavy atom. The number of aromatic nitrogens is 1. The fourth-order valence-electron chi connectivity index (χ4n) is 1.76. The summed E-state index contributed by atoms with van der Waals surface area (Å²) in [6, 6.07) is 4.71. The smallest absolute Gasteiger partial charge is 0.123 e. The molecule has 0 spiro atoms. The van der Waals surface area contributed by atoms with Gasteiger partial charge in [0.1, 0.15) is 5.82 Å². The van der Waals surface area contributed by atoms with Crippen LogP contribution in [0.25, 0.3) is 10.9 Å². The lowest BCUT2D eigenvalue weighted by Crippen LogP contribution is -2.03. The molecule has 0 aliphatic heterocycles. The summed E-state index contributed by atoms with van der Waals surface area (Å²) >= 11 is 0. The van der Waals surface area contributed by atoms with Gasteiger partial charge in [0.05, 0.1) is 0 Å². The Morgan fingerprint density at radius 2 is 2.14 bits per heavy atom. The van der Waals surface area contributed by atoms with Gasteiger partial charge in [-0.15, -0.1) is 0 Å². The highest BCUT2D eigenvalue weighted by Gasteiger charge is 2.10. The molecule has 0 aliphatic carbocycles. The van der Waals surface area contributed by atoms with E-state index in [2.05, 4.69) is 0 Å². The highest BCUT2D eigenvalue weighted by Crippen LogP contribution is 2.25. The minimum atomic E-state index is -0.217. The van der Waals surface area contributed by atoms with Gasteiger partial charge >= 0.3 is 0 Å². The van der Waals surface area contributed by atoms with Gasteiger partial charge < -0.3 is 10.3 Å². The van der Waals surface area contributed by atoms with Crippen molar-refractivity contribution in [1.82, 2.24) is 4.57 Å². The Labute approximate surface area is 82.1 Å². The lowest BCUT2D eigenvalue weighted by atomic mass is 10.1. The number of rotatable bonds is 1. The van der Waals surface area contributed by atoms with E-state index in [9.17, 15) is 4.39 Å². The van der Waals surface area contributed by atoms with Crippen LogP contribution < -0.4 is 5.73 Å². The normalized spacial score (nSPS) is 13.4. The summed E-state index contributed by atoms with van der Waals surface area (Å²) in [7, 11) is 1.94. The first-order valence-electron chi connectivity index (χ1n) is 4.59. The van der Waals surface area contributed by atoms with Crippen LogP contribution in [0.4, 0.5) is 4.39 Å². The molecule has 0 aliphatic rings. The van der Waals surface area contributed by atoms with E-state index in [1.807, 2.05) is 24.7 Å². The van der Waals surface area contributed by atoms with Gasteiger partial charge in [0.2, 0.25) is 0 Å². The average Bonchev–Trinajstić information content (AvgIpc) is 2.43. The molecule has 0 fully saturated rings. The Kier molecular flexibility index (Phi) is 2.04. The molecule has 1 atom stereocenters. The molecular weight excluding hydrogens is 179 g/mol. The Bertz CT molecular complexity index is 471. The molecule has 74 valence electrons. The number of hydrogen-bond donors (Lipinski definition) is 1. The molecule has 1 heterocycles. The minimum absolute atomic E-state index is 0.0690. The molecule has 0 amide bonds. The summed E-state index contributed by atoms with van der Waals surface area (Å²) in [6.45, 7) is 1.90. The first kappa shape index (κ1) is 9.21. The monoisotopic (exact) mass is 192 g/mol. The summed E-state index contributed by atoms with van der Waals surface area (Å²) in [4.78, 5) is 0. The van der Waals surface area contributed by atoms with E-state index in [0.29, 0.717) is 0 Å². The molecule has 1 aromatic heterocycles. The number of benzene rings is 1. The zero-order chi connectivity index (χ0) is 10.3. The predicted octanol–water partition coefficient (Wildman–Crippen LogP) is 2.34. The van der Waals surface area contributed by atoms with Crippen LogP contribution in [-0.2, 0) is 7.05 Å². The number of hydrogen-bond acceptors (Lipinski definition) is 1. The predicted molar refractivity (Wildman–Crippen MR) is 55.5 cm³/mol. The molecule has 0 radical (unpaired) electrons. The number of nitrogens with two attached hydrogens (primary N) is 1. The van der Waals surface area contributed by atoms with Gasteiger partial charge in [0, 0.05) is 30.2 Å². The van der Waals surface area contributed by atoms with Crippen LogP contribution in [0.3, 0.4) is 0 Å². The quantitative estimate of drug-likeness (QED) is 0.738. The SMILES string of the molecule is C[C@@H](N)c1cn(C)c2ccc(F)cc12. The highest BCUT2D eigenvalue weighted by molar-refractivity contribution is 5.84. The number of aryl methyl sites for hydroxylation is 1. The van der Waals surface area contributed by atoms with E-state index in [4.69, 9.17) is 5.73 Å². The van der Waals surface area contributed by atoms with Crippen molar-refractivity contribution in [1.29, 1.82) is 0 Å². The first-order valence-corrected chi connectivity index (χ1v) is 4.59. The number of halogens is 1. The van der Waals surface area contributed by atoms with Crippen LogP contribution in [0, 0.1) is 5.82 Å². The molecule has 2 rings (SSSR count). The largest absolute Gasteiger partial charge is 0.350 e. The zero-order valence-corrected chi connectivity index (χ0v) is 8.29. The molecule has 2 nitrogen and oxygen atoms in total.